The molecule has 1 aromatic rings. The van der Waals surface area contributed by atoms with Crippen molar-refractivity contribution in [3.63, 3.8) is 0 Å². The molecule has 5 rings (SSSR count). The first-order chi connectivity index (χ1) is 32.4. The fourth-order valence-electron chi connectivity index (χ4n) is 11.8. The van der Waals surface area contributed by atoms with Gasteiger partial charge >= 0.3 is 29.8 Å². The van der Waals surface area contributed by atoms with E-state index in [0.717, 1.165) is 51.4 Å². The van der Waals surface area contributed by atoms with Crippen molar-refractivity contribution in [1.29, 1.82) is 0 Å². The zero-order valence-corrected chi connectivity index (χ0v) is 42.5. The summed E-state index contributed by atoms with van der Waals surface area (Å²) in [6.07, 6.45) is 12.0. The number of hydrogen-bond donors (Lipinski definition) is 1. The highest BCUT2D eigenvalue weighted by atomic mass is 16.6. The number of hydrogen-bond acceptors (Lipinski definition) is 13. The molecule has 0 amide bonds. The molecule has 0 aromatic heterocycles. The molecule has 0 radical (unpaired) electrons. The van der Waals surface area contributed by atoms with Crippen molar-refractivity contribution in [2.24, 2.45) is 16.7 Å². The summed E-state index contributed by atoms with van der Waals surface area (Å²) >= 11 is 0. The first-order valence-electron chi connectivity index (χ1n) is 26.0. The second-order valence-electron chi connectivity index (χ2n) is 20.9. The molecule has 3 fully saturated rings. The van der Waals surface area contributed by atoms with E-state index in [4.69, 9.17) is 28.4 Å². The van der Waals surface area contributed by atoms with Gasteiger partial charge in [0.2, 0.25) is 0 Å². The molecule has 0 spiro atoms. The molecular weight excluding hydrogens is 869 g/mol. The summed E-state index contributed by atoms with van der Waals surface area (Å²) in [6, 6.07) is 8.19. The maximum atomic E-state index is 16.1. The molecule has 380 valence electrons. The Kier molecular flexibility index (Phi) is 19.9. The van der Waals surface area contributed by atoms with Crippen molar-refractivity contribution in [1.82, 2.24) is 0 Å². The lowest BCUT2D eigenvalue weighted by molar-refractivity contribution is -0.346. The third-order valence-corrected chi connectivity index (χ3v) is 15.7. The lowest BCUT2D eigenvalue weighted by Crippen LogP contribution is -2.82. The number of carbonyl (C=O) groups excluding carboxylic acids is 6. The van der Waals surface area contributed by atoms with Crippen LogP contribution in [0, 0.1) is 16.7 Å². The van der Waals surface area contributed by atoms with Gasteiger partial charge in [-0.05, 0) is 50.0 Å². The van der Waals surface area contributed by atoms with Crippen molar-refractivity contribution in [3.8, 4) is 0 Å². The van der Waals surface area contributed by atoms with Crippen molar-refractivity contribution < 1.29 is 62.3 Å². The van der Waals surface area contributed by atoms with Crippen LogP contribution in [0.1, 0.15) is 207 Å². The van der Waals surface area contributed by atoms with E-state index < -0.39 is 94.1 Å². The van der Waals surface area contributed by atoms with Gasteiger partial charge in [0, 0.05) is 44.9 Å². The van der Waals surface area contributed by atoms with Gasteiger partial charge in [0.25, 0.3) is 0 Å². The Morgan fingerprint density at radius 2 is 1.21 bits per heavy atom. The minimum atomic E-state index is -2.21. The molecule has 1 aromatic carbocycles. The molecular formula is C55H82O13. The van der Waals surface area contributed by atoms with E-state index in [2.05, 4.69) is 13.8 Å². The van der Waals surface area contributed by atoms with Crippen molar-refractivity contribution >= 4 is 35.6 Å². The summed E-state index contributed by atoms with van der Waals surface area (Å²) in [7, 11) is 0. The predicted molar refractivity (Wildman–Crippen MR) is 256 cm³/mol. The topological polar surface area (TPSA) is 178 Å². The number of aliphatic hydroxyl groups is 1. The minimum absolute atomic E-state index is 0.0784. The normalized spacial score (nSPS) is 29.3. The highest BCUT2D eigenvalue weighted by Crippen LogP contribution is 2.65. The van der Waals surface area contributed by atoms with Crippen LogP contribution in [0.15, 0.2) is 41.5 Å². The smallest absolute Gasteiger partial charge is 0.338 e. The number of ether oxygens (including phenoxy) is 6. The average molecular weight is 951 g/mol. The SMILES string of the molecule is CCCCCCCCCCCC(=O)O[C@H]1C[C@@]2(O)[C@@H](OC(=O)c3ccccc3)[C@@H]3[C@]4(OC(C)=O)CO[C@@H]4C[C@H](OC(=O)CCCCCCCCCCC)[C@@]3(C)C(=O)[C@H](OC(C)=O)C(=C1C)C2(C)C. The molecule has 13 heteroatoms. The molecule has 1 heterocycles. The Bertz CT molecular complexity index is 1920. The van der Waals surface area contributed by atoms with Gasteiger partial charge in [-0.2, -0.15) is 0 Å². The fourth-order valence-corrected chi connectivity index (χ4v) is 11.8. The Morgan fingerprint density at radius 1 is 0.691 bits per heavy atom. The third kappa shape index (κ3) is 12.2. The van der Waals surface area contributed by atoms with Crippen LogP contribution in [0.4, 0.5) is 0 Å². The zero-order chi connectivity index (χ0) is 49.7. The number of ketones is 1. The van der Waals surface area contributed by atoms with Crippen molar-refractivity contribution in [2.45, 2.75) is 238 Å². The number of rotatable bonds is 26. The van der Waals surface area contributed by atoms with E-state index >= 15 is 4.79 Å². The van der Waals surface area contributed by atoms with Gasteiger partial charge in [-0.15, -0.1) is 0 Å². The standard InChI is InChI=1S/C55H82O13/c1-9-11-13-15-17-19-21-23-28-32-44(58)65-41-35-55(62)50(67-51(61)40-30-26-25-27-31-40)48-53(8,49(60)47(64-38(4)56)46(37(41)3)52(55,6)7)42(34-43-54(48,36-63-43)68-39(5)57)66-45(59)33-29-24-22-20-18-16-14-12-10-2/h25-27,30-31,41-43,47-48,50,62H,9-24,28-29,32-36H2,1-8H3/t41-,42-,43+,47+,48-,50-,53+,54-,55+/m0/s1. The van der Waals surface area contributed by atoms with Gasteiger partial charge < -0.3 is 33.5 Å². The molecule has 68 heavy (non-hydrogen) atoms. The summed E-state index contributed by atoms with van der Waals surface area (Å²) in [5.74, 6) is -5.56. The van der Waals surface area contributed by atoms with E-state index in [9.17, 15) is 29.1 Å². The molecule has 2 bridgehead atoms. The van der Waals surface area contributed by atoms with Gasteiger partial charge in [-0.3, -0.25) is 24.0 Å². The highest BCUT2D eigenvalue weighted by molar-refractivity contribution is 5.96. The summed E-state index contributed by atoms with van der Waals surface area (Å²) in [5.41, 5.74) is -6.65. The minimum Gasteiger partial charge on any atom is -0.461 e. The number of esters is 5. The maximum Gasteiger partial charge on any atom is 0.338 e. The number of carbonyl (C=O) groups is 6. The predicted octanol–water partition coefficient (Wildman–Crippen LogP) is 10.6. The Balaban J connectivity index is 1.57. The summed E-state index contributed by atoms with van der Waals surface area (Å²) in [4.78, 5) is 84.8. The van der Waals surface area contributed by atoms with Crippen LogP contribution in [0.5, 0.6) is 0 Å². The maximum absolute atomic E-state index is 16.1. The molecule has 1 saturated heterocycles. The quantitative estimate of drug-likeness (QED) is 0.0402. The van der Waals surface area contributed by atoms with Gasteiger partial charge in [-0.1, -0.05) is 149 Å². The van der Waals surface area contributed by atoms with Gasteiger partial charge in [0.05, 0.1) is 23.5 Å². The molecule has 9 atom stereocenters. The number of unbranched alkanes of at least 4 members (excludes halogenated alkanes) is 16. The number of fused-ring (bicyclic) bond motifs is 5. The fraction of sp³-hybridized carbons (Fsp3) is 0.745. The van der Waals surface area contributed by atoms with Gasteiger partial charge in [-0.25, -0.2) is 4.79 Å². The Hall–Kier alpha value is -4.10. The van der Waals surface area contributed by atoms with E-state index in [0.29, 0.717) is 18.4 Å². The lowest BCUT2D eigenvalue weighted by atomic mass is 9.44. The Morgan fingerprint density at radius 3 is 1.69 bits per heavy atom. The first-order valence-corrected chi connectivity index (χ1v) is 26.0. The van der Waals surface area contributed by atoms with Gasteiger partial charge in [0.1, 0.15) is 30.0 Å². The van der Waals surface area contributed by atoms with Gasteiger partial charge in [0.15, 0.2) is 17.5 Å². The van der Waals surface area contributed by atoms with Crippen LogP contribution in [-0.4, -0.2) is 89.1 Å². The zero-order valence-electron chi connectivity index (χ0n) is 42.5. The summed E-state index contributed by atoms with van der Waals surface area (Å²) in [5, 5.41) is 13.9. The molecule has 13 nitrogen and oxygen atoms in total. The Labute approximate surface area is 405 Å². The second kappa shape index (κ2) is 24.6. The molecule has 2 saturated carbocycles. The monoisotopic (exact) mass is 951 g/mol. The summed E-state index contributed by atoms with van der Waals surface area (Å²) < 4.78 is 37.7. The van der Waals surface area contributed by atoms with Crippen LogP contribution in [0.2, 0.25) is 0 Å². The van der Waals surface area contributed by atoms with Crippen molar-refractivity contribution in [2.75, 3.05) is 6.61 Å². The first kappa shape index (κ1) is 54.8. The third-order valence-electron chi connectivity index (χ3n) is 15.7. The lowest BCUT2D eigenvalue weighted by Gasteiger charge is -2.67. The molecule has 1 N–H and O–H groups in total. The summed E-state index contributed by atoms with van der Waals surface area (Å²) in [6.45, 7) is 13.2. The molecule has 0 unspecified atom stereocenters. The number of benzene rings is 1. The average Bonchev–Trinajstić information content (AvgIpc) is 3.28. The highest BCUT2D eigenvalue weighted by Gasteiger charge is 2.79. The largest absolute Gasteiger partial charge is 0.461 e. The van der Waals surface area contributed by atoms with Crippen LogP contribution >= 0.6 is 0 Å². The van der Waals surface area contributed by atoms with E-state index in [1.54, 1.807) is 58.0 Å². The van der Waals surface area contributed by atoms with Crippen LogP contribution < -0.4 is 0 Å². The van der Waals surface area contributed by atoms with Crippen LogP contribution in [-0.2, 0) is 52.4 Å². The van der Waals surface area contributed by atoms with E-state index in [1.807, 2.05) is 0 Å². The molecule has 1 aliphatic heterocycles. The van der Waals surface area contributed by atoms with Crippen LogP contribution in [0.25, 0.3) is 0 Å². The van der Waals surface area contributed by atoms with Crippen LogP contribution in [0.3, 0.4) is 0 Å². The number of Topliss-reactive ketones (excluding diaryl/α,β-unsaturated/α-hetero) is 1. The molecule has 3 aliphatic carbocycles. The molecule has 4 aliphatic rings. The van der Waals surface area contributed by atoms with E-state index in [1.165, 1.54) is 65.2 Å². The van der Waals surface area contributed by atoms with Crippen molar-refractivity contribution in [3.05, 3.63) is 47.0 Å². The van der Waals surface area contributed by atoms with E-state index in [-0.39, 0.29) is 43.4 Å². The second-order valence-corrected chi connectivity index (χ2v) is 20.9.